The zero-order valence-corrected chi connectivity index (χ0v) is 12.4. The van der Waals surface area contributed by atoms with Gasteiger partial charge in [-0.1, -0.05) is 6.92 Å². The van der Waals surface area contributed by atoms with E-state index in [1.807, 2.05) is 13.8 Å². The summed E-state index contributed by atoms with van der Waals surface area (Å²) in [6.07, 6.45) is 1.15. The second-order valence-corrected chi connectivity index (χ2v) is 5.82. The minimum Gasteiger partial charge on any atom is -0.396 e. The number of aliphatic hydroxyl groups excluding tert-OH is 1. The number of nitrogens with one attached hydrogen (secondary N) is 1. The Kier molecular flexibility index (Phi) is 6.42. The molecule has 0 aromatic heterocycles. The van der Waals surface area contributed by atoms with E-state index in [2.05, 4.69) is 5.32 Å². The van der Waals surface area contributed by atoms with Crippen LogP contribution in [-0.4, -0.2) is 28.9 Å². The molecular weight excluding hydrogens is 284 g/mol. The topological polar surface area (TPSA) is 49.3 Å². The molecule has 1 aromatic carbocycles. The van der Waals surface area contributed by atoms with E-state index in [1.165, 1.54) is 6.07 Å². The van der Waals surface area contributed by atoms with Crippen molar-refractivity contribution in [2.24, 2.45) is 0 Å². The third-order valence-corrected chi connectivity index (χ3v) is 4.19. The fourth-order valence-electron chi connectivity index (χ4n) is 1.68. The zero-order chi connectivity index (χ0) is 15.2. The first-order chi connectivity index (χ1) is 9.40. The zero-order valence-electron chi connectivity index (χ0n) is 11.6. The summed E-state index contributed by atoms with van der Waals surface area (Å²) < 4.78 is 26.1. The van der Waals surface area contributed by atoms with Crippen LogP contribution in [0.5, 0.6) is 0 Å². The number of aliphatic hydroxyl groups is 1. The Balaban J connectivity index is 2.54. The van der Waals surface area contributed by atoms with Crippen LogP contribution in [0.25, 0.3) is 0 Å². The molecule has 3 nitrogen and oxygen atoms in total. The van der Waals surface area contributed by atoms with Crippen molar-refractivity contribution in [3.05, 3.63) is 29.8 Å². The molecule has 1 amide bonds. The van der Waals surface area contributed by atoms with E-state index in [4.69, 9.17) is 5.11 Å². The van der Waals surface area contributed by atoms with Crippen molar-refractivity contribution in [2.45, 2.75) is 37.1 Å². The van der Waals surface area contributed by atoms with Gasteiger partial charge in [0.15, 0.2) is 0 Å². The fraction of sp³-hybridized carbons (Fsp3) is 0.500. The van der Waals surface area contributed by atoms with Gasteiger partial charge in [-0.25, -0.2) is 8.78 Å². The van der Waals surface area contributed by atoms with Gasteiger partial charge < -0.3 is 10.4 Å². The molecule has 112 valence electrons. The average molecular weight is 303 g/mol. The lowest BCUT2D eigenvalue weighted by Crippen LogP contribution is -2.46. The maximum Gasteiger partial charge on any atom is 0.230 e. The molecule has 1 aromatic rings. The summed E-state index contributed by atoms with van der Waals surface area (Å²) in [5.41, 5.74) is -0.465. The van der Waals surface area contributed by atoms with Gasteiger partial charge >= 0.3 is 0 Å². The second kappa shape index (κ2) is 7.59. The smallest absolute Gasteiger partial charge is 0.230 e. The van der Waals surface area contributed by atoms with Crippen LogP contribution in [0.3, 0.4) is 0 Å². The van der Waals surface area contributed by atoms with Crippen molar-refractivity contribution in [2.75, 3.05) is 12.4 Å². The Morgan fingerprint density at radius 2 is 2.15 bits per heavy atom. The number of carbonyl (C=O) groups excluding carboxylic acids is 1. The summed E-state index contributed by atoms with van der Waals surface area (Å²) in [5, 5.41) is 11.8. The van der Waals surface area contributed by atoms with Gasteiger partial charge in [-0.3, -0.25) is 4.79 Å². The number of halogens is 2. The lowest BCUT2D eigenvalue weighted by Gasteiger charge is -2.28. The molecule has 1 rings (SSSR count). The predicted octanol–water partition coefficient (Wildman–Crippen LogP) is 2.72. The number of thioether (sulfide) groups is 1. The molecule has 1 atom stereocenters. The molecule has 0 saturated carbocycles. The van der Waals surface area contributed by atoms with E-state index in [0.29, 0.717) is 12.8 Å². The molecule has 0 saturated heterocycles. The van der Waals surface area contributed by atoms with Gasteiger partial charge in [0.2, 0.25) is 5.91 Å². The van der Waals surface area contributed by atoms with E-state index in [9.17, 15) is 13.6 Å². The molecule has 0 radical (unpaired) electrons. The maximum absolute atomic E-state index is 13.4. The van der Waals surface area contributed by atoms with Gasteiger partial charge in [0, 0.05) is 23.1 Å². The summed E-state index contributed by atoms with van der Waals surface area (Å²) in [7, 11) is 0. The molecule has 0 aliphatic heterocycles. The van der Waals surface area contributed by atoms with Gasteiger partial charge in [0.25, 0.3) is 0 Å². The molecule has 0 aliphatic rings. The normalized spacial score (nSPS) is 13.8. The van der Waals surface area contributed by atoms with Crippen LogP contribution in [0.1, 0.15) is 26.7 Å². The van der Waals surface area contributed by atoms with Crippen LogP contribution in [0.2, 0.25) is 0 Å². The van der Waals surface area contributed by atoms with Crippen molar-refractivity contribution in [1.82, 2.24) is 5.32 Å². The van der Waals surface area contributed by atoms with Crippen LogP contribution in [-0.2, 0) is 4.79 Å². The molecule has 6 heteroatoms. The summed E-state index contributed by atoms with van der Waals surface area (Å²) in [5.74, 6) is -1.51. The Labute approximate surface area is 121 Å². The van der Waals surface area contributed by atoms with Crippen molar-refractivity contribution in [3.8, 4) is 0 Å². The third-order valence-electron chi connectivity index (χ3n) is 3.14. The number of benzene rings is 1. The van der Waals surface area contributed by atoms with E-state index in [1.54, 1.807) is 0 Å². The second-order valence-electron chi connectivity index (χ2n) is 4.80. The molecule has 0 bridgehead atoms. The van der Waals surface area contributed by atoms with Gasteiger partial charge in [-0.2, -0.15) is 0 Å². The first-order valence-electron chi connectivity index (χ1n) is 6.40. The quantitative estimate of drug-likeness (QED) is 0.762. The summed E-state index contributed by atoms with van der Waals surface area (Å²) in [4.78, 5) is 12.1. The Bertz CT molecular complexity index is 470. The highest BCUT2D eigenvalue weighted by molar-refractivity contribution is 8.00. The van der Waals surface area contributed by atoms with Gasteiger partial charge in [0.1, 0.15) is 11.6 Å². The fourth-order valence-corrected chi connectivity index (χ4v) is 2.40. The molecule has 2 N–H and O–H groups in total. The number of hydrogen-bond donors (Lipinski definition) is 2. The van der Waals surface area contributed by atoms with Gasteiger partial charge in [0.05, 0.1) is 5.75 Å². The lowest BCUT2D eigenvalue weighted by molar-refractivity contribution is -0.120. The standard InChI is InChI=1S/C14H19F2NO2S/c1-3-14(2,6-7-18)17-13(19)9-20-12-5-4-10(15)8-11(12)16/h4-5,8,18H,3,6-7,9H2,1-2H3,(H,17,19). The Hall–Kier alpha value is -1.14. The number of hydrogen-bond acceptors (Lipinski definition) is 3. The SMILES string of the molecule is CCC(C)(CCO)NC(=O)CSc1ccc(F)cc1F. The highest BCUT2D eigenvalue weighted by Crippen LogP contribution is 2.22. The monoisotopic (exact) mass is 303 g/mol. The van der Waals surface area contributed by atoms with Crippen LogP contribution < -0.4 is 5.32 Å². The largest absolute Gasteiger partial charge is 0.396 e. The lowest BCUT2D eigenvalue weighted by atomic mass is 9.95. The van der Waals surface area contributed by atoms with E-state index in [0.717, 1.165) is 23.9 Å². The van der Waals surface area contributed by atoms with E-state index >= 15 is 0 Å². The van der Waals surface area contributed by atoms with E-state index < -0.39 is 17.2 Å². The Morgan fingerprint density at radius 1 is 1.45 bits per heavy atom. The van der Waals surface area contributed by atoms with Crippen LogP contribution >= 0.6 is 11.8 Å². The predicted molar refractivity (Wildman–Crippen MR) is 75.6 cm³/mol. The van der Waals surface area contributed by atoms with Gasteiger partial charge in [-0.15, -0.1) is 11.8 Å². The van der Waals surface area contributed by atoms with Crippen molar-refractivity contribution in [1.29, 1.82) is 0 Å². The number of rotatable bonds is 7. The highest BCUT2D eigenvalue weighted by atomic mass is 32.2. The molecule has 0 aliphatic carbocycles. The van der Waals surface area contributed by atoms with Crippen LogP contribution in [0.4, 0.5) is 8.78 Å². The van der Waals surface area contributed by atoms with Crippen molar-refractivity contribution >= 4 is 17.7 Å². The molecular formula is C14H19F2NO2S. The van der Waals surface area contributed by atoms with Crippen molar-refractivity contribution in [3.63, 3.8) is 0 Å². The first-order valence-corrected chi connectivity index (χ1v) is 7.38. The van der Waals surface area contributed by atoms with Gasteiger partial charge in [-0.05, 0) is 31.9 Å². The molecule has 0 spiro atoms. The number of carbonyl (C=O) groups is 1. The van der Waals surface area contributed by atoms with Crippen LogP contribution in [0.15, 0.2) is 23.1 Å². The molecule has 20 heavy (non-hydrogen) atoms. The van der Waals surface area contributed by atoms with Crippen molar-refractivity contribution < 1.29 is 18.7 Å². The van der Waals surface area contributed by atoms with E-state index in [-0.39, 0.29) is 23.2 Å². The molecule has 0 fully saturated rings. The summed E-state index contributed by atoms with van der Waals surface area (Å²) in [6.45, 7) is 3.76. The third kappa shape index (κ3) is 5.09. The highest BCUT2D eigenvalue weighted by Gasteiger charge is 2.23. The first kappa shape index (κ1) is 16.9. The minimum absolute atomic E-state index is 0.00957. The maximum atomic E-state index is 13.4. The Morgan fingerprint density at radius 3 is 2.70 bits per heavy atom. The minimum atomic E-state index is -0.670. The molecule has 0 heterocycles. The average Bonchev–Trinajstić information content (AvgIpc) is 2.38. The molecule has 1 unspecified atom stereocenters. The number of amides is 1. The summed E-state index contributed by atoms with van der Waals surface area (Å²) in [6, 6.07) is 3.27. The summed E-state index contributed by atoms with van der Waals surface area (Å²) >= 11 is 1.02. The van der Waals surface area contributed by atoms with Crippen LogP contribution in [0, 0.1) is 11.6 Å².